The Hall–Kier alpha value is -2.11. The molecule has 22 heavy (non-hydrogen) atoms. The highest BCUT2D eigenvalue weighted by molar-refractivity contribution is 6.01. The first kappa shape index (κ1) is 17.9. The number of hydrogen-bond acceptors (Lipinski definition) is 5. The lowest BCUT2D eigenvalue weighted by molar-refractivity contribution is -0.109. The number of amides is 1. The number of ketones is 1. The molecule has 1 aromatic rings. The Balaban J connectivity index is 0.000000261. The third kappa shape index (κ3) is 6.11. The topological polar surface area (TPSA) is 80.3 Å². The van der Waals surface area contributed by atoms with Crippen molar-refractivity contribution in [2.75, 3.05) is 25.0 Å². The van der Waals surface area contributed by atoms with Gasteiger partial charge in [0, 0.05) is 25.6 Å². The lowest BCUT2D eigenvalue weighted by atomic mass is 10.1. The predicted molar refractivity (Wildman–Crippen MR) is 86.4 cm³/mol. The number of unbranched alkanes of at least 4 members (excludes halogenated alkanes) is 2. The number of anilines is 1. The van der Waals surface area contributed by atoms with Gasteiger partial charge in [0.2, 0.25) is 12.3 Å². The van der Waals surface area contributed by atoms with Crippen molar-refractivity contribution < 1.29 is 14.3 Å². The van der Waals surface area contributed by atoms with E-state index in [9.17, 15) is 9.59 Å². The van der Waals surface area contributed by atoms with Gasteiger partial charge in [0.1, 0.15) is 5.69 Å². The van der Waals surface area contributed by atoms with E-state index in [2.05, 4.69) is 22.5 Å². The van der Waals surface area contributed by atoms with Crippen molar-refractivity contribution >= 4 is 17.9 Å². The molecule has 0 atom stereocenters. The molecule has 1 aliphatic rings. The van der Waals surface area contributed by atoms with Crippen molar-refractivity contribution in [3.05, 3.63) is 17.8 Å². The SMILES string of the molecule is CCCCCNC=O.CCOc1ccc2c(n1)C(=O)CCN2. The molecule has 122 valence electrons. The van der Waals surface area contributed by atoms with Gasteiger partial charge < -0.3 is 15.4 Å². The first-order valence-corrected chi connectivity index (χ1v) is 7.80. The van der Waals surface area contributed by atoms with E-state index in [1.165, 1.54) is 12.8 Å². The van der Waals surface area contributed by atoms with Crippen LogP contribution in [0.5, 0.6) is 5.88 Å². The molecule has 0 unspecified atom stereocenters. The van der Waals surface area contributed by atoms with Crippen molar-refractivity contribution in [2.45, 2.75) is 39.5 Å². The Morgan fingerprint density at radius 1 is 1.36 bits per heavy atom. The Kier molecular flexibility index (Phi) is 8.64. The molecule has 0 saturated heterocycles. The highest BCUT2D eigenvalue weighted by Crippen LogP contribution is 2.22. The normalized spacial score (nSPS) is 12.4. The Morgan fingerprint density at radius 3 is 2.86 bits per heavy atom. The molecule has 2 heterocycles. The minimum Gasteiger partial charge on any atom is -0.478 e. The number of rotatable bonds is 7. The Labute approximate surface area is 131 Å². The summed E-state index contributed by atoms with van der Waals surface area (Å²) in [6.07, 6.45) is 4.78. The summed E-state index contributed by atoms with van der Waals surface area (Å²) in [6.45, 7) is 6.12. The molecule has 6 heteroatoms. The number of Topliss-reactive ketones (excluding diaryl/α,β-unsaturated/α-hetero) is 1. The summed E-state index contributed by atoms with van der Waals surface area (Å²) in [5.74, 6) is 0.601. The van der Waals surface area contributed by atoms with Crippen LogP contribution in [0, 0.1) is 0 Å². The van der Waals surface area contributed by atoms with E-state index in [0.29, 0.717) is 31.1 Å². The smallest absolute Gasteiger partial charge is 0.214 e. The number of nitrogens with one attached hydrogen (secondary N) is 2. The van der Waals surface area contributed by atoms with Crippen LogP contribution < -0.4 is 15.4 Å². The van der Waals surface area contributed by atoms with E-state index in [1.807, 2.05) is 13.0 Å². The molecule has 1 aliphatic heterocycles. The fraction of sp³-hybridized carbons (Fsp3) is 0.562. The van der Waals surface area contributed by atoms with E-state index in [0.717, 1.165) is 25.1 Å². The standard InChI is InChI=1S/C10H12N2O2.C6H13NO/c1-2-14-9-4-3-7-10(12-9)8(13)5-6-11-7;1-2-3-4-5-7-6-8/h3-4,11H,2,5-6H2,1H3;6H,2-5H2,1H3,(H,7,8). The van der Waals surface area contributed by atoms with Gasteiger partial charge in [0.25, 0.3) is 0 Å². The van der Waals surface area contributed by atoms with Gasteiger partial charge in [0.15, 0.2) is 5.78 Å². The maximum Gasteiger partial charge on any atom is 0.214 e. The zero-order valence-corrected chi connectivity index (χ0v) is 13.4. The number of hydrogen-bond donors (Lipinski definition) is 2. The second-order valence-electron chi connectivity index (χ2n) is 4.86. The third-order valence-corrected chi connectivity index (χ3v) is 3.10. The largest absolute Gasteiger partial charge is 0.478 e. The maximum absolute atomic E-state index is 11.5. The van der Waals surface area contributed by atoms with Crippen LogP contribution in [0.1, 0.15) is 50.0 Å². The molecule has 2 rings (SSSR count). The fourth-order valence-corrected chi connectivity index (χ4v) is 1.99. The summed E-state index contributed by atoms with van der Waals surface area (Å²) in [6, 6.07) is 3.61. The second kappa shape index (κ2) is 10.6. The van der Waals surface area contributed by atoms with Crippen LogP contribution in [0.4, 0.5) is 5.69 Å². The van der Waals surface area contributed by atoms with Crippen LogP contribution in [0.15, 0.2) is 12.1 Å². The summed E-state index contributed by atoms with van der Waals surface area (Å²) >= 11 is 0. The molecule has 0 aromatic carbocycles. The van der Waals surface area contributed by atoms with Gasteiger partial charge in [-0.05, 0) is 19.4 Å². The summed E-state index contributed by atoms with van der Waals surface area (Å²) in [7, 11) is 0. The highest BCUT2D eigenvalue weighted by Gasteiger charge is 2.18. The van der Waals surface area contributed by atoms with Crippen molar-refractivity contribution in [3.8, 4) is 5.88 Å². The average Bonchev–Trinajstić information content (AvgIpc) is 2.53. The average molecular weight is 307 g/mol. The van der Waals surface area contributed by atoms with Gasteiger partial charge in [-0.1, -0.05) is 19.8 Å². The maximum atomic E-state index is 11.5. The number of pyridine rings is 1. The lowest BCUT2D eigenvalue weighted by Gasteiger charge is -2.16. The van der Waals surface area contributed by atoms with Crippen LogP contribution in [0.3, 0.4) is 0 Å². The van der Waals surface area contributed by atoms with Crippen LogP contribution in [0.25, 0.3) is 0 Å². The van der Waals surface area contributed by atoms with Gasteiger partial charge in [-0.3, -0.25) is 9.59 Å². The van der Waals surface area contributed by atoms with Crippen LogP contribution in [0.2, 0.25) is 0 Å². The minimum absolute atomic E-state index is 0.0836. The molecule has 0 spiro atoms. The van der Waals surface area contributed by atoms with E-state index < -0.39 is 0 Å². The van der Waals surface area contributed by atoms with E-state index in [1.54, 1.807) is 6.07 Å². The number of fused-ring (bicyclic) bond motifs is 1. The molecule has 6 nitrogen and oxygen atoms in total. The van der Waals surface area contributed by atoms with Crippen molar-refractivity contribution in [3.63, 3.8) is 0 Å². The fourth-order valence-electron chi connectivity index (χ4n) is 1.99. The first-order chi connectivity index (χ1) is 10.7. The summed E-state index contributed by atoms with van der Waals surface area (Å²) < 4.78 is 5.23. The van der Waals surface area contributed by atoms with Gasteiger partial charge >= 0.3 is 0 Å². The van der Waals surface area contributed by atoms with Gasteiger partial charge in [-0.25, -0.2) is 4.98 Å². The molecular formula is C16H25N3O3. The van der Waals surface area contributed by atoms with Gasteiger partial charge in [0.05, 0.1) is 12.3 Å². The highest BCUT2D eigenvalue weighted by atomic mass is 16.5. The van der Waals surface area contributed by atoms with Crippen LogP contribution in [-0.2, 0) is 4.79 Å². The molecule has 1 amide bonds. The molecule has 1 aromatic heterocycles. The minimum atomic E-state index is 0.0836. The number of ether oxygens (including phenoxy) is 1. The monoisotopic (exact) mass is 307 g/mol. The first-order valence-electron chi connectivity index (χ1n) is 7.80. The molecule has 0 saturated carbocycles. The molecule has 2 N–H and O–H groups in total. The summed E-state index contributed by atoms with van der Waals surface area (Å²) in [5, 5.41) is 5.73. The van der Waals surface area contributed by atoms with Crippen LogP contribution >= 0.6 is 0 Å². The Bertz CT molecular complexity index is 478. The number of nitrogens with zero attached hydrogens (tertiary/aromatic N) is 1. The molecule has 0 aliphatic carbocycles. The number of aromatic nitrogens is 1. The zero-order valence-electron chi connectivity index (χ0n) is 13.4. The van der Waals surface area contributed by atoms with Crippen LogP contribution in [-0.4, -0.2) is 36.9 Å². The molecule has 0 fully saturated rings. The molecular weight excluding hydrogens is 282 g/mol. The van der Waals surface area contributed by atoms with E-state index >= 15 is 0 Å². The van der Waals surface area contributed by atoms with Gasteiger partial charge in [-0.15, -0.1) is 0 Å². The Morgan fingerprint density at radius 2 is 2.18 bits per heavy atom. The van der Waals surface area contributed by atoms with Crippen molar-refractivity contribution in [1.82, 2.24) is 10.3 Å². The van der Waals surface area contributed by atoms with E-state index in [-0.39, 0.29) is 5.78 Å². The quantitative estimate of drug-likeness (QED) is 0.597. The second-order valence-corrected chi connectivity index (χ2v) is 4.86. The molecule has 0 bridgehead atoms. The summed E-state index contributed by atoms with van der Waals surface area (Å²) in [5.41, 5.74) is 1.31. The predicted octanol–water partition coefficient (Wildman–Crippen LogP) is 2.40. The molecule has 0 radical (unpaired) electrons. The van der Waals surface area contributed by atoms with Crippen molar-refractivity contribution in [1.29, 1.82) is 0 Å². The number of carbonyl (C=O) groups is 2. The van der Waals surface area contributed by atoms with Crippen molar-refractivity contribution in [2.24, 2.45) is 0 Å². The third-order valence-electron chi connectivity index (χ3n) is 3.10. The zero-order chi connectivity index (χ0) is 16.2. The van der Waals surface area contributed by atoms with E-state index in [4.69, 9.17) is 4.74 Å². The number of carbonyl (C=O) groups excluding carboxylic acids is 2. The van der Waals surface area contributed by atoms with Gasteiger partial charge in [-0.2, -0.15) is 0 Å². The lowest BCUT2D eigenvalue weighted by Crippen LogP contribution is -2.19. The summed E-state index contributed by atoms with van der Waals surface area (Å²) in [4.78, 5) is 25.3.